The molecule has 0 heterocycles. The first-order chi connectivity index (χ1) is 15.7. The van der Waals surface area contributed by atoms with Crippen molar-refractivity contribution >= 4 is 21.7 Å². The van der Waals surface area contributed by atoms with Gasteiger partial charge in [-0.2, -0.15) is 0 Å². The number of aryl methyl sites for hydroxylation is 1. The van der Waals surface area contributed by atoms with Gasteiger partial charge in [0, 0.05) is 19.2 Å². The van der Waals surface area contributed by atoms with Crippen molar-refractivity contribution in [1.82, 2.24) is 4.90 Å². The van der Waals surface area contributed by atoms with Gasteiger partial charge in [-0.3, -0.25) is 0 Å². The molecule has 3 N–H and O–H groups in total. The first-order valence-electron chi connectivity index (χ1n) is 10.1. The summed E-state index contributed by atoms with van der Waals surface area (Å²) >= 11 is 0. The number of sulfonamides is 1. The molecule has 0 radical (unpaired) electrons. The van der Waals surface area contributed by atoms with Crippen molar-refractivity contribution in [2.45, 2.75) is 24.9 Å². The van der Waals surface area contributed by atoms with Gasteiger partial charge in [-0.05, 0) is 42.3 Å². The molecule has 0 aliphatic rings. The van der Waals surface area contributed by atoms with E-state index in [0.717, 1.165) is 16.7 Å². The van der Waals surface area contributed by atoms with E-state index in [1.165, 1.54) is 19.2 Å². The van der Waals surface area contributed by atoms with E-state index in [1.807, 2.05) is 31.2 Å². The van der Waals surface area contributed by atoms with Crippen LogP contribution >= 0.6 is 0 Å². The summed E-state index contributed by atoms with van der Waals surface area (Å²) in [7, 11) is -0.720. The molecular weight excluding hydrogens is 442 g/mol. The van der Waals surface area contributed by atoms with E-state index in [1.54, 1.807) is 42.3 Å². The molecule has 2 amide bonds. The van der Waals surface area contributed by atoms with Crippen LogP contribution in [-0.4, -0.2) is 33.6 Å². The summed E-state index contributed by atoms with van der Waals surface area (Å²) in [6.07, 6.45) is 0. The Morgan fingerprint density at radius 3 is 2.00 bits per heavy atom. The van der Waals surface area contributed by atoms with Crippen LogP contribution in [0.2, 0.25) is 0 Å². The predicted molar refractivity (Wildman–Crippen MR) is 127 cm³/mol. The Bertz CT molecular complexity index is 1210. The van der Waals surface area contributed by atoms with Crippen LogP contribution in [0, 0.1) is 6.92 Å². The Labute approximate surface area is 194 Å². The van der Waals surface area contributed by atoms with Crippen LogP contribution in [-0.2, 0) is 23.1 Å². The molecule has 0 aliphatic carbocycles. The lowest BCUT2D eigenvalue weighted by Gasteiger charge is -2.24. The molecule has 0 unspecified atom stereocenters. The summed E-state index contributed by atoms with van der Waals surface area (Å²) < 4.78 is 33.7. The van der Waals surface area contributed by atoms with Gasteiger partial charge in [0.1, 0.15) is 11.5 Å². The lowest BCUT2D eigenvalue weighted by Crippen LogP contribution is -2.34. The quantitative estimate of drug-likeness (QED) is 0.520. The number of ether oxygens (including phenoxy) is 2. The molecule has 8 nitrogen and oxygen atoms in total. The van der Waals surface area contributed by atoms with Crippen molar-refractivity contribution in [3.63, 3.8) is 0 Å². The molecule has 174 valence electrons. The highest BCUT2D eigenvalue weighted by molar-refractivity contribution is 7.89. The van der Waals surface area contributed by atoms with Gasteiger partial charge in [0.05, 0.1) is 24.8 Å². The molecule has 3 rings (SSSR count). The predicted octanol–water partition coefficient (Wildman–Crippen LogP) is 3.89. The maximum atomic E-state index is 13.2. The minimum Gasteiger partial charge on any atom is -0.497 e. The van der Waals surface area contributed by atoms with Crippen LogP contribution in [0.4, 0.5) is 10.5 Å². The molecule has 0 aromatic heterocycles. The van der Waals surface area contributed by atoms with E-state index < -0.39 is 10.0 Å². The summed E-state index contributed by atoms with van der Waals surface area (Å²) in [5.41, 5.74) is 3.34. The fourth-order valence-electron chi connectivity index (χ4n) is 3.21. The van der Waals surface area contributed by atoms with Crippen LogP contribution in [0.25, 0.3) is 0 Å². The van der Waals surface area contributed by atoms with Gasteiger partial charge in [-0.1, -0.05) is 42.0 Å². The second-order valence-corrected chi connectivity index (χ2v) is 9.09. The normalized spacial score (nSPS) is 11.0. The average Bonchev–Trinajstić information content (AvgIpc) is 2.80. The van der Waals surface area contributed by atoms with Crippen LogP contribution in [0.5, 0.6) is 11.5 Å². The summed E-state index contributed by atoms with van der Waals surface area (Å²) in [5.74, 6) is 1.08. The summed E-state index contributed by atoms with van der Waals surface area (Å²) in [5, 5.41) is 8.07. The number of nitrogens with zero attached hydrogens (tertiary/aromatic N) is 1. The Hall–Kier alpha value is -3.56. The molecule has 0 fully saturated rings. The largest absolute Gasteiger partial charge is 0.497 e. The van der Waals surface area contributed by atoms with Crippen molar-refractivity contribution in [2.75, 3.05) is 19.5 Å². The topological polar surface area (TPSA) is 111 Å². The number of anilines is 1. The highest BCUT2D eigenvalue weighted by Crippen LogP contribution is 2.29. The van der Waals surface area contributed by atoms with Gasteiger partial charge < -0.3 is 19.7 Å². The molecule has 0 spiro atoms. The van der Waals surface area contributed by atoms with Gasteiger partial charge in [0.2, 0.25) is 10.0 Å². The highest BCUT2D eigenvalue weighted by atomic mass is 32.2. The van der Waals surface area contributed by atoms with Gasteiger partial charge in [-0.15, -0.1) is 0 Å². The van der Waals surface area contributed by atoms with Gasteiger partial charge >= 0.3 is 6.03 Å². The zero-order valence-electron chi connectivity index (χ0n) is 18.7. The number of hydrogen-bond acceptors (Lipinski definition) is 5. The Morgan fingerprint density at radius 2 is 1.48 bits per heavy atom. The van der Waals surface area contributed by atoms with Crippen molar-refractivity contribution in [2.24, 2.45) is 5.14 Å². The number of nitrogens with two attached hydrogens (primary N) is 1. The molecule has 3 aromatic carbocycles. The fourth-order valence-corrected chi connectivity index (χ4v) is 3.73. The molecule has 3 aromatic rings. The van der Waals surface area contributed by atoms with Gasteiger partial charge in [-0.25, -0.2) is 18.4 Å². The number of methoxy groups -OCH3 is 2. The second-order valence-electron chi connectivity index (χ2n) is 7.53. The van der Waals surface area contributed by atoms with E-state index in [0.29, 0.717) is 23.7 Å². The molecule has 33 heavy (non-hydrogen) atoms. The SMILES string of the molecule is COc1ccc(NC(=O)N(Cc2ccc(C)cc2)Cc2ccc(S(N)(=O)=O)cc2)c(OC)c1. The first kappa shape index (κ1) is 24.1. The first-order valence-corrected chi connectivity index (χ1v) is 11.7. The minimum atomic E-state index is -3.79. The number of benzene rings is 3. The Balaban J connectivity index is 1.86. The van der Waals surface area contributed by atoms with Crippen molar-refractivity contribution in [3.05, 3.63) is 83.4 Å². The number of amides is 2. The fraction of sp³-hybridized carbons (Fsp3) is 0.208. The molecule has 0 aliphatic heterocycles. The van der Waals surface area contributed by atoms with E-state index in [4.69, 9.17) is 14.6 Å². The molecular formula is C24H27N3O5S. The molecule has 0 saturated carbocycles. The van der Waals surface area contributed by atoms with E-state index in [2.05, 4.69) is 5.32 Å². The summed E-state index contributed by atoms with van der Waals surface area (Å²) in [4.78, 5) is 14.9. The zero-order chi connectivity index (χ0) is 24.0. The highest BCUT2D eigenvalue weighted by Gasteiger charge is 2.18. The standard InChI is InChI=1S/C24H27N3O5S/c1-17-4-6-18(7-5-17)15-27(16-19-8-11-21(12-9-19)33(25,29)30)24(28)26-22-13-10-20(31-2)14-23(22)32-3/h4-14H,15-16H2,1-3H3,(H,26,28)(H2,25,29,30). The lowest BCUT2D eigenvalue weighted by atomic mass is 10.1. The zero-order valence-corrected chi connectivity index (χ0v) is 19.6. The van der Waals surface area contributed by atoms with Crippen LogP contribution in [0.15, 0.2) is 71.6 Å². The van der Waals surface area contributed by atoms with Crippen molar-refractivity contribution < 1.29 is 22.7 Å². The smallest absolute Gasteiger partial charge is 0.322 e. The van der Waals surface area contributed by atoms with E-state index in [9.17, 15) is 13.2 Å². The van der Waals surface area contributed by atoms with Crippen molar-refractivity contribution in [1.29, 1.82) is 0 Å². The van der Waals surface area contributed by atoms with Gasteiger partial charge in [0.25, 0.3) is 0 Å². The lowest BCUT2D eigenvalue weighted by molar-refractivity contribution is 0.206. The van der Waals surface area contributed by atoms with E-state index in [-0.39, 0.29) is 17.5 Å². The molecule has 0 bridgehead atoms. The van der Waals surface area contributed by atoms with Gasteiger partial charge in [0.15, 0.2) is 0 Å². The summed E-state index contributed by atoms with van der Waals surface area (Å²) in [6, 6.07) is 18.8. The number of urea groups is 1. The average molecular weight is 470 g/mol. The Kier molecular flexibility index (Phi) is 7.57. The third-order valence-electron chi connectivity index (χ3n) is 5.06. The number of carbonyl (C=O) groups excluding carboxylic acids is 1. The third-order valence-corrected chi connectivity index (χ3v) is 5.99. The third kappa shape index (κ3) is 6.47. The number of primary sulfonamides is 1. The molecule has 0 atom stereocenters. The number of rotatable bonds is 8. The van der Waals surface area contributed by atoms with Crippen LogP contribution < -0.4 is 19.9 Å². The molecule has 0 saturated heterocycles. The van der Waals surface area contributed by atoms with E-state index >= 15 is 0 Å². The summed E-state index contributed by atoms with van der Waals surface area (Å²) in [6.45, 7) is 2.60. The monoisotopic (exact) mass is 469 g/mol. The van der Waals surface area contributed by atoms with Crippen LogP contribution in [0.1, 0.15) is 16.7 Å². The van der Waals surface area contributed by atoms with Crippen molar-refractivity contribution in [3.8, 4) is 11.5 Å². The van der Waals surface area contributed by atoms with Crippen LogP contribution in [0.3, 0.4) is 0 Å². The maximum Gasteiger partial charge on any atom is 0.322 e. The maximum absolute atomic E-state index is 13.2. The number of carbonyl (C=O) groups is 1. The number of hydrogen-bond donors (Lipinski definition) is 2. The Morgan fingerprint density at radius 1 is 0.909 bits per heavy atom. The second kappa shape index (κ2) is 10.4. The minimum absolute atomic E-state index is 0.0174. The number of nitrogens with one attached hydrogen (secondary N) is 1. The molecule has 9 heteroatoms.